The van der Waals surface area contributed by atoms with Crippen molar-refractivity contribution in [3.63, 3.8) is 0 Å². The second-order valence-electron chi connectivity index (χ2n) is 10.5. The molecule has 4 unspecified atom stereocenters. The van der Waals surface area contributed by atoms with Crippen molar-refractivity contribution < 1.29 is 39.1 Å². The van der Waals surface area contributed by atoms with E-state index in [-0.39, 0.29) is 62.7 Å². The van der Waals surface area contributed by atoms with Crippen LogP contribution < -0.4 is 15.1 Å². The van der Waals surface area contributed by atoms with Crippen molar-refractivity contribution in [2.75, 3.05) is 11.5 Å². The molecule has 4 aliphatic rings. The summed E-state index contributed by atoms with van der Waals surface area (Å²) in [5.74, 6) is -4.44. The highest BCUT2D eigenvalue weighted by Crippen LogP contribution is 2.57. The Morgan fingerprint density at radius 3 is 2.54 bits per heavy atom. The van der Waals surface area contributed by atoms with Crippen LogP contribution in [0.5, 0.6) is 11.5 Å². The van der Waals surface area contributed by atoms with Gasteiger partial charge in [-0.05, 0) is 65.3 Å². The number of carbonyl (C=O) groups excluding carboxylic acids is 4. The fraction of sp³-hybridized carbons (Fsp3) is 0.267. The highest BCUT2D eigenvalue weighted by atomic mass is 79.9. The first-order valence-corrected chi connectivity index (χ1v) is 14.1. The third kappa shape index (κ3) is 4.22. The Labute approximate surface area is 244 Å². The van der Waals surface area contributed by atoms with Crippen molar-refractivity contribution in [1.29, 1.82) is 0 Å². The topological polar surface area (TPSA) is 141 Å². The van der Waals surface area contributed by atoms with Crippen molar-refractivity contribution in [2.24, 2.45) is 17.8 Å². The summed E-state index contributed by atoms with van der Waals surface area (Å²) in [6.45, 7) is 2.09. The number of carbonyl (C=O) groups is 4. The van der Waals surface area contributed by atoms with Crippen LogP contribution in [0.25, 0.3) is 0 Å². The molecule has 3 aliphatic carbocycles. The molecule has 0 spiro atoms. The number of phenolic OH excluding ortho intramolecular Hbond substituents is 1. The van der Waals surface area contributed by atoms with Crippen molar-refractivity contribution in [1.82, 2.24) is 0 Å². The molecule has 41 heavy (non-hydrogen) atoms. The Hall–Kier alpha value is -3.80. The standard InChI is InChI=1S/C30H25BBrNO8/c1-2-41-23-8-4-7-17(28(23)36)24-16-9-10-18-25(19(16)12-20-26(24)22(34)13-21(32)27(20)35)30(38)33(29(18)37)15-6-3-5-14(11-15)31(39)40/h3-9,11,13,18-19,24-25,36,39-40H,2,10,12H2,1H3. The van der Waals surface area contributed by atoms with Gasteiger partial charge in [-0.3, -0.25) is 24.1 Å². The van der Waals surface area contributed by atoms with Gasteiger partial charge in [-0.25, -0.2) is 0 Å². The number of halogens is 1. The van der Waals surface area contributed by atoms with Crippen molar-refractivity contribution in [3.05, 3.63) is 81.4 Å². The van der Waals surface area contributed by atoms with Crippen LogP contribution in [0.1, 0.15) is 31.2 Å². The Morgan fingerprint density at radius 1 is 1.05 bits per heavy atom. The van der Waals surface area contributed by atoms with Crippen molar-refractivity contribution in [3.8, 4) is 11.5 Å². The maximum absolute atomic E-state index is 14.0. The monoisotopic (exact) mass is 617 g/mol. The molecule has 0 saturated carbocycles. The predicted molar refractivity (Wildman–Crippen MR) is 153 cm³/mol. The zero-order valence-electron chi connectivity index (χ0n) is 21.9. The van der Waals surface area contributed by atoms with E-state index in [0.29, 0.717) is 17.7 Å². The van der Waals surface area contributed by atoms with Gasteiger partial charge in [0.1, 0.15) is 0 Å². The van der Waals surface area contributed by atoms with E-state index in [1.807, 2.05) is 6.08 Å². The number of aromatic hydroxyl groups is 1. The Morgan fingerprint density at radius 2 is 1.80 bits per heavy atom. The molecule has 1 fully saturated rings. The average molecular weight is 618 g/mol. The highest BCUT2D eigenvalue weighted by Gasteiger charge is 2.57. The van der Waals surface area contributed by atoms with E-state index in [4.69, 9.17) is 4.74 Å². The minimum atomic E-state index is -1.77. The van der Waals surface area contributed by atoms with E-state index in [1.165, 1.54) is 24.3 Å². The Balaban J connectivity index is 1.48. The lowest BCUT2D eigenvalue weighted by atomic mass is 9.59. The van der Waals surface area contributed by atoms with Gasteiger partial charge in [0.15, 0.2) is 23.1 Å². The SMILES string of the molecule is CCOc1cccc(C2C3=CCC4C(=O)N(c5cccc(B(O)O)c5)C(=O)C4C3CC3=C2C(=O)C=C(Br)C3=O)c1O. The van der Waals surface area contributed by atoms with Crippen LogP contribution in [-0.2, 0) is 19.2 Å². The summed E-state index contributed by atoms with van der Waals surface area (Å²) in [6.07, 6.45) is 3.41. The number of ketones is 2. The molecule has 3 N–H and O–H groups in total. The lowest BCUT2D eigenvalue weighted by Gasteiger charge is -2.42. The van der Waals surface area contributed by atoms with E-state index in [9.17, 15) is 34.3 Å². The molecule has 2 aromatic rings. The van der Waals surface area contributed by atoms with E-state index in [1.54, 1.807) is 31.2 Å². The van der Waals surface area contributed by atoms with Crippen LogP contribution >= 0.6 is 15.9 Å². The van der Waals surface area contributed by atoms with Crippen LogP contribution in [-0.4, -0.2) is 52.3 Å². The molecule has 1 heterocycles. The molecule has 208 valence electrons. The number of allylic oxidation sites excluding steroid dienone is 6. The number of imide groups is 1. The molecule has 1 saturated heterocycles. The fourth-order valence-electron chi connectivity index (χ4n) is 6.69. The normalized spacial score (nSPS) is 25.4. The van der Waals surface area contributed by atoms with Crippen LogP contribution in [0.3, 0.4) is 0 Å². The minimum absolute atomic E-state index is 0.0838. The summed E-state index contributed by atoms with van der Waals surface area (Å²) in [4.78, 5) is 55.5. The third-order valence-electron chi connectivity index (χ3n) is 8.40. The minimum Gasteiger partial charge on any atom is -0.504 e. The third-order valence-corrected chi connectivity index (χ3v) is 8.99. The Bertz CT molecular complexity index is 1630. The van der Waals surface area contributed by atoms with E-state index >= 15 is 0 Å². The smallest absolute Gasteiger partial charge is 0.488 e. The first-order valence-electron chi connectivity index (χ1n) is 13.3. The molecule has 0 radical (unpaired) electrons. The number of anilines is 1. The first-order chi connectivity index (χ1) is 19.6. The molecule has 0 aromatic heterocycles. The maximum atomic E-state index is 14.0. The molecule has 9 nitrogen and oxygen atoms in total. The zero-order chi connectivity index (χ0) is 29.2. The molecule has 6 rings (SSSR count). The molecule has 2 aromatic carbocycles. The summed E-state index contributed by atoms with van der Waals surface area (Å²) in [6, 6.07) is 10.9. The molecule has 4 atom stereocenters. The second-order valence-corrected chi connectivity index (χ2v) is 11.4. The van der Waals surface area contributed by atoms with Gasteiger partial charge in [-0.2, -0.15) is 0 Å². The summed E-state index contributed by atoms with van der Waals surface area (Å²) >= 11 is 3.21. The van der Waals surface area contributed by atoms with Gasteiger partial charge in [0.05, 0.1) is 28.6 Å². The zero-order valence-corrected chi connectivity index (χ0v) is 23.5. The number of hydrogen-bond donors (Lipinski definition) is 3. The van der Waals surface area contributed by atoms with Crippen molar-refractivity contribution in [2.45, 2.75) is 25.7 Å². The van der Waals surface area contributed by atoms with Gasteiger partial charge < -0.3 is 19.9 Å². The van der Waals surface area contributed by atoms with Crippen LogP contribution in [0.2, 0.25) is 0 Å². The summed E-state index contributed by atoms with van der Waals surface area (Å²) in [5, 5.41) is 30.5. The number of hydrogen-bond acceptors (Lipinski definition) is 8. The van der Waals surface area contributed by atoms with Gasteiger partial charge in [-0.15, -0.1) is 0 Å². The number of Topliss-reactive ketones (excluding diaryl/α,β-unsaturated/α-hetero) is 1. The van der Waals surface area contributed by atoms with Crippen molar-refractivity contribution >= 4 is 57.6 Å². The summed E-state index contributed by atoms with van der Waals surface area (Å²) in [7, 11) is -1.77. The number of phenols is 1. The Kier molecular flexibility index (Phi) is 6.84. The van der Waals surface area contributed by atoms with E-state index < -0.39 is 42.6 Å². The summed E-state index contributed by atoms with van der Waals surface area (Å²) in [5.41, 5.74) is 1.94. The van der Waals surface area contributed by atoms with E-state index in [0.717, 1.165) is 4.90 Å². The number of amides is 2. The van der Waals surface area contributed by atoms with E-state index in [2.05, 4.69) is 15.9 Å². The van der Waals surface area contributed by atoms with Crippen LogP contribution in [0.15, 0.2) is 75.8 Å². The molecular formula is C30H25BBrNO8. The largest absolute Gasteiger partial charge is 0.504 e. The number of fused-ring (bicyclic) bond motifs is 3. The molecule has 0 bridgehead atoms. The fourth-order valence-corrected chi connectivity index (χ4v) is 7.13. The molecule has 11 heteroatoms. The maximum Gasteiger partial charge on any atom is 0.488 e. The highest BCUT2D eigenvalue weighted by molar-refractivity contribution is 9.12. The van der Waals surface area contributed by atoms with Gasteiger partial charge in [0.2, 0.25) is 11.8 Å². The number of benzene rings is 2. The van der Waals surface area contributed by atoms with Gasteiger partial charge >= 0.3 is 7.12 Å². The number of para-hydroxylation sites is 1. The van der Waals surface area contributed by atoms with Gasteiger partial charge in [0, 0.05) is 28.7 Å². The number of rotatable bonds is 5. The lowest BCUT2D eigenvalue weighted by Crippen LogP contribution is -2.39. The predicted octanol–water partition coefficient (Wildman–Crippen LogP) is 2.44. The lowest BCUT2D eigenvalue weighted by molar-refractivity contribution is -0.123. The molecule has 2 amide bonds. The number of nitrogens with zero attached hydrogens (tertiary/aromatic N) is 1. The first kappa shape index (κ1) is 27.4. The molecule has 1 aliphatic heterocycles. The average Bonchev–Trinajstić information content (AvgIpc) is 3.21. The van der Waals surface area contributed by atoms with Crippen LogP contribution in [0.4, 0.5) is 5.69 Å². The number of ether oxygens (including phenoxy) is 1. The summed E-state index contributed by atoms with van der Waals surface area (Å²) < 4.78 is 5.71. The second kappa shape index (κ2) is 10.2. The van der Waals surface area contributed by atoms with Gasteiger partial charge in [0.25, 0.3) is 0 Å². The quantitative estimate of drug-likeness (QED) is 0.201. The molecular weight excluding hydrogens is 593 g/mol. The van der Waals surface area contributed by atoms with Crippen LogP contribution in [0, 0.1) is 17.8 Å². The van der Waals surface area contributed by atoms with Gasteiger partial charge in [-0.1, -0.05) is 35.9 Å².